The van der Waals surface area contributed by atoms with Gasteiger partial charge in [-0.05, 0) is 103 Å². The standard InChI is InChI=1S/C38H32N4O5S/c1-25-13-16-31(23-26(25)2)40-38(45)35(28-9-5-3-6-10-28)48-33-21-17-30(18-22-33)39-37(44)34(41-36(43)29-11-7-4-8-12-29)24-27-14-19-32(20-15-27)42(46)47/h3-24,35H,1-2H3,(H,39,44)(H,40,45)(H,41,43)/b34-24-. The molecule has 3 N–H and O–H groups in total. The lowest BCUT2D eigenvalue weighted by molar-refractivity contribution is -0.384. The van der Waals surface area contributed by atoms with E-state index in [0.29, 0.717) is 16.8 Å². The van der Waals surface area contributed by atoms with Crippen molar-refractivity contribution in [1.29, 1.82) is 0 Å². The van der Waals surface area contributed by atoms with E-state index in [0.717, 1.165) is 27.3 Å². The number of anilines is 2. The van der Waals surface area contributed by atoms with Crippen molar-refractivity contribution in [3.8, 4) is 0 Å². The molecule has 0 fully saturated rings. The van der Waals surface area contributed by atoms with Crippen LogP contribution in [0.15, 0.2) is 138 Å². The summed E-state index contributed by atoms with van der Waals surface area (Å²) in [5.41, 5.74) is 4.94. The van der Waals surface area contributed by atoms with E-state index in [4.69, 9.17) is 0 Å². The average Bonchev–Trinajstić information content (AvgIpc) is 3.10. The molecular weight excluding hydrogens is 625 g/mol. The Labute approximate surface area is 282 Å². The van der Waals surface area contributed by atoms with Crippen LogP contribution in [0, 0.1) is 24.0 Å². The maximum atomic E-state index is 13.5. The predicted molar refractivity (Wildman–Crippen MR) is 190 cm³/mol. The largest absolute Gasteiger partial charge is 0.325 e. The van der Waals surface area contributed by atoms with Gasteiger partial charge in [-0.2, -0.15) is 0 Å². The minimum atomic E-state index is -0.590. The van der Waals surface area contributed by atoms with Crippen LogP contribution in [0.1, 0.15) is 37.9 Å². The number of nitrogens with zero attached hydrogens (tertiary/aromatic N) is 1. The molecule has 0 saturated carbocycles. The minimum absolute atomic E-state index is 0.0525. The maximum Gasteiger partial charge on any atom is 0.272 e. The number of nitro groups is 1. The van der Waals surface area contributed by atoms with E-state index >= 15 is 0 Å². The molecule has 0 aliphatic rings. The number of nitro benzene ring substituents is 1. The SMILES string of the molecule is Cc1ccc(NC(=O)C(Sc2ccc(NC(=O)/C(=C/c3ccc([N+](=O)[O-])cc3)NC(=O)c3ccccc3)cc2)c2ccccc2)cc1C. The quantitative estimate of drug-likeness (QED) is 0.0570. The molecule has 9 nitrogen and oxygen atoms in total. The molecule has 10 heteroatoms. The van der Waals surface area contributed by atoms with E-state index in [9.17, 15) is 24.5 Å². The van der Waals surface area contributed by atoms with Gasteiger partial charge in [0, 0.05) is 34.0 Å². The maximum absolute atomic E-state index is 13.5. The van der Waals surface area contributed by atoms with Crippen LogP contribution in [0.5, 0.6) is 0 Å². The Bertz CT molecular complexity index is 1960. The van der Waals surface area contributed by atoms with Gasteiger partial charge >= 0.3 is 0 Å². The van der Waals surface area contributed by atoms with Crippen molar-refractivity contribution >= 4 is 52.6 Å². The van der Waals surface area contributed by atoms with Gasteiger partial charge in [-0.25, -0.2) is 0 Å². The second-order valence-corrected chi connectivity index (χ2v) is 12.1. The zero-order chi connectivity index (χ0) is 34.0. The number of carbonyl (C=O) groups is 3. The fourth-order valence-corrected chi connectivity index (χ4v) is 5.70. The summed E-state index contributed by atoms with van der Waals surface area (Å²) in [7, 11) is 0. The highest BCUT2D eigenvalue weighted by Crippen LogP contribution is 2.37. The molecule has 3 amide bonds. The molecule has 5 aromatic carbocycles. The molecule has 0 aliphatic carbocycles. The summed E-state index contributed by atoms with van der Waals surface area (Å²) in [6.45, 7) is 4.02. The van der Waals surface area contributed by atoms with E-state index in [-0.39, 0.29) is 17.3 Å². The van der Waals surface area contributed by atoms with Crippen LogP contribution in [0.4, 0.5) is 17.1 Å². The number of nitrogens with one attached hydrogen (secondary N) is 3. The fourth-order valence-electron chi connectivity index (χ4n) is 4.68. The monoisotopic (exact) mass is 656 g/mol. The average molecular weight is 657 g/mol. The molecule has 0 heterocycles. The lowest BCUT2D eigenvalue weighted by Crippen LogP contribution is -2.30. The Hall–Kier alpha value is -6.00. The summed E-state index contributed by atoms with van der Waals surface area (Å²) in [6, 6.07) is 36.4. The summed E-state index contributed by atoms with van der Waals surface area (Å²) in [4.78, 5) is 51.3. The molecule has 0 radical (unpaired) electrons. The van der Waals surface area contributed by atoms with Crippen molar-refractivity contribution in [1.82, 2.24) is 5.32 Å². The van der Waals surface area contributed by atoms with Crippen LogP contribution >= 0.6 is 11.8 Å². The van der Waals surface area contributed by atoms with Crippen LogP contribution in [0.25, 0.3) is 6.08 Å². The number of rotatable bonds is 11. The Morgan fingerprint density at radius 1 is 0.729 bits per heavy atom. The smallest absolute Gasteiger partial charge is 0.272 e. The van der Waals surface area contributed by atoms with Crippen molar-refractivity contribution in [2.75, 3.05) is 10.6 Å². The van der Waals surface area contributed by atoms with Crippen LogP contribution in [-0.4, -0.2) is 22.6 Å². The van der Waals surface area contributed by atoms with Crippen LogP contribution < -0.4 is 16.0 Å². The minimum Gasteiger partial charge on any atom is -0.325 e. The molecule has 1 atom stereocenters. The number of thioether (sulfide) groups is 1. The first kappa shape index (κ1) is 33.4. The van der Waals surface area contributed by atoms with Crippen LogP contribution in [0.3, 0.4) is 0 Å². The van der Waals surface area contributed by atoms with Crippen LogP contribution in [-0.2, 0) is 9.59 Å². The van der Waals surface area contributed by atoms with Gasteiger partial charge in [-0.1, -0.05) is 54.6 Å². The Morgan fingerprint density at radius 3 is 1.98 bits per heavy atom. The normalized spacial score (nSPS) is 11.7. The van der Waals surface area contributed by atoms with Gasteiger partial charge in [-0.3, -0.25) is 24.5 Å². The molecule has 0 aliphatic heterocycles. The van der Waals surface area contributed by atoms with Gasteiger partial charge in [-0.15, -0.1) is 11.8 Å². The van der Waals surface area contributed by atoms with Crippen molar-refractivity contribution < 1.29 is 19.3 Å². The molecule has 5 rings (SSSR count). The van der Waals surface area contributed by atoms with Gasteiger partial charge in [0.05, 0.1) is 4.92 Å². The molecule has 1 unspecified atom stereocenters. The lowest BCUT2D eigenvalue weighted by atomic mass is 10.1. The number of carbonyl (C=O) groups excluding carboxylic acids is 3. The predicted octanol–water partition coefficient (Wildman–Crippen LogP) is 8.09. The molecule has 0 bridgehead atoms. The lowest BCUT2D eigenvalue weighted by Gasteiger charge is -2.18. The van der Waals surface area contributed by atoms with Gasteiger partial charge in [0.25, 0.3) is 17.5 Å². The van der Waals surface area contributed by atoms with E-state index in [2.05, 4.69) is 16.0 Å². The van der Waals surface area contributed by atoms with E-state index in [1.54, 1.807) is 42.5 Å². The number of hydrogen-bond donors (Lipinski definition) is 3. The zero-order valence-electron chi connectivity index (χ0n) is 26.2. The Morgan fingerprint density at radius 2 is 1.35 bits per heavy atom. The molecular formula is C38H32N4O5S. The second kappa shape index (κ2) is 15.5. The second-order valence-electron chi connectivity index (χ2n) is 10.9. The molecule has 240 valence electrons. The third-order valence-corrected chi connectivity index (χ3v) is 8.69. The summed E-state index contributed by atoms with van der Waals surface area (Å²) in [5.74, 6) is -1.24. The first-order valence-corrected chi connectivity index (χ1v) is 15.9. The van der Waals surface area contributed by atoms with Crippen molar-refractivity contribution in [3.05, 3.63) is 171 Å². The third-order valence-electron chi connectivity index (χ3n) is 7.42. The Kier molecular flexibility index (Phi) is 10.8. The molecule has 0 saturated heterocycles. The first-order chi connectivity index (χ1) is 23.2. The van der Waals surface area contributed by atoms with E-state index < -0.39 is 22.0 Å². The highest BCUT2D eigenvalue weighted by Gasteiger charge is 2.23. The van der Waals surface area contributed by atoms with Crippen molar-refractivity contribution in [2.24, 2.45) is 0 Å². The summed E-state index contributed by atoms with van der Waals surface area (Å²) < 4.78 is 0. The molecule has 0 spiro atoms. The highest BCUT2D eigenvalue weighted by molar-refractivity contribution is 8.00. The van der Waals surface area contributed by atoms with Gasteiger partial charge in [0.15, 0.2) is 0 Å². The summed E-state index contributed by atoms with van der Waals surface area (Å²) >= 11 is 1.38. The number of non-ortho nitro benzene ring substituents is 1. The first-order valence-electron chi connectivity index (χ1n) is 15.0. The van der Waals surface area contributed by atoms with Crippen molar-refractivity contribution in [3.63, 3.8) is 0 Å². The third kappa shape index (κ3) is 8.83. The molecule has 5 aromatic rings. The van der Waals surface area contributed by atoms with Gasteiger partial charge in [0.2, 0.25) is 5.91 Å². The van der Waals surface area contributed by atoms with Crippen molar-refractivity contribution in [2.45, 2.75) is 24.0 Å². The summed E-state index contributed by atoms with van der Waals surface area (Å²) in [6.07, 6.45) is 1.45. The number of amides is 3. The topological polar surface area (TPSA) is 130 Å². The van der Waals surface area contributed by atoms with E-state index in [1.807, 2.05) is 74.5 Å². The number of benzene rings is 5. The number of hydrogen-bond acceptors (Lipinski definition) is 6. The van der Waals surface area contributed by atoms with Gasteiger partial charge in [0.1, 0.15) is 10.9 Å². The summed E-state index contributed by atoms with van der Waals surface area (Å²) in [5, 5.41) is 19.0. The van der Waals surface area contributed by atoms with Crippen LogP contribution in [0.2, 0.25) is 0 Å². The molecule has 0 aromatic heterocycles. The Balaban J connectivity index is 1.33. The van der Waals surface area contributed by atoms with E-state index in [1.165, 1.54) is 42.1 Å². The molecule has 48 heavy (non-hydrogen) atoms. The number of aryl methyl sites for hydroxylation is 2. The highest BCUT2D eigenvalue weighted by atomic mass is 32.2. The van der Waals surface area contributed by atoms with Gasteiger partial charge < -0.3 is 16.0 Å². The zero-order valence-corrected chi connectivity index (χ0v) is 27.0. The fraction of sp³-hybridized carbons (Fsp3) is 0.0789.